The lowest BCUT2D eigenvalue weighted by molar-refractivity contribution is 0.0684. The number of aryl methyl sites for hydroxylation is 1. The fourth-order valence-corrected chi connectivity index (χ4v) is 5.70. The molecule has 2 heterocycles. The third kappa shape index (κ3) is 6.35. The smallest absolute Gasteiger partial charge is 0.408 e. The summed E-state index contributed by atoms with van der Waals surface area (Å²) in [6.45, 7) is 5.09. The van der Waals surface area contributed by atoms with E-state index in [4.69, 9.17) is 17.3 Å². The lowest BCUT2D eigenvalue weighted by Gasteiger charge is -2.40. The molecule has 0 fully saturated rings. The van der Waals surface area contributed by atoms with Gasteiger partial charge >= 0.3 is 6.09 Å². The van der Waals surface area contributed by atoms with Crippen LogP contribution >= 0.6 is 11.6 Å². The minimum absolute atomic E-state index is 0.00361. The lowest BCUT2D eigenvalue weighted by atomic mass is 9.90. The van der Waals surface area contributed by atoms with Gasteiger partial charge in [0, 0.05) is 29.8 Å². The van der Waals surface area contributed by atoms with E-state index in [0.29, 0.717) is 22.0 Å². The summed E-state index contributed by atoms with van der Waals surface area (Å²) in [5, 5.41) is 15.2. The predicted molar refractivity (Wildman–Crippen MR) is 154 cm³/mol. The Kier molecular flexibility index (Phi) is 7.89. The average Bonchev–Trinajstić information content (AvgIpc) is 3.12. The van der Waals surface area contributed by atoms with Crippen LogP contribution < -0.4 is 10.5 Å². The summed E-state index contributed by atoms with van der Waals surface area (Å²) in [5.41, 5.74) is 7.22. The van der Waals surface area contributed by atoms with Crippen molar-refractivity contribution in [1.82, 2.24) is 19.7 Å². The fourth-order valence-electron chi connectivity index (χ4n) is 4.97. The van der Waals surface area contributed by atoms with Crippen LogP contribution in [0.15, 0.2) is 42.6 Å². The van der Waals surface area contributed by atoms with Gasteiger partial charge in [-0.1, -0.05) is 17.7 Å². The maximum atomic E-state index is 14.2. The van der Waals surface area contributed by atoms with Crippen LogP contribution in [0.4, 0.5) is 25.1 Å². The number of sulfonamides is 1. The Balaban J connectivity index is 2.04. The van der Waals surface area contributed by atoms with Crippen LogP contribution in [0.25, 0.3) is 22.0 Å². The van der Waals surface area contributed by atoms with Gasteiger partial charge < -0.3 is 10.8 Å². The van der Waals surface area contributed by atoms with Crippen LogP contribution in [0.1, 0.15) is 38.1 Å². The molecule has 0 bridgehead atoms. The van der Waals surface area contributed by atoms with Crippen LogP contribution in [0.5, 0.6) is 0 Å². The Morgan fingerprint density at radius 1 is 1.17 bits per heavy atom. The molecule has 1 atom stereocenters. The number of amides is 1. The van der Waals surface area contributed by atoms with Gasteiger partial charge in [0.1, 0.15) is 11.6 Å². The van der Waals surface area contributed by atoms with Crippen LogP contribution in [0.2, 0.25) is 5.02 Å². The second-order valence-electron chi connectivity index (χ2n) is 10.7. The third-order valence-electron chi connectivity index (χ3n) is 6.36. The number of nitrogens with two attached hydrogens (primary N) is 1. The van der Waals surface area contributed by atoms with E-state index in [9.17, 15) is 27.1 Å². The molecule has 14 heteroatoms. The molecule has 10 nitrogen and oxygen atoms in total. The van der Waals surface area contributed by atoms with Gasteiger partial charge in [-0.2, -0.15) is 5.10 Å². The Bertz CT molecular complexity index is 1750. The number of carboxylic acid groups (broad SMARTS) is 1. The zero-order chi connectivity index (χ0) is 30.4. The zero-order valence-corrected chi connectivity index (χ0v) is 24.5. The molecule has 218 valence electrons. The Morgan fingerprint density at radius 3 is 2.37 bits per heavy atom. The van der Waals surface area contributed by atoms with E-state index in [2.05, 4.69) is 14.8 Å². The Hall–Kier alpha value is -3.97. The molecule has 41 heavy (non-hydrogen) atoms. The SMILES string of the molecule is Cn1nc(NS(C)(=O)=O)c2c(Cl)ccc(-c3cc(N)cnc3[C@H](Cc3cc(F)cc(F)c3)N(C(=O)O)C(C)(C)C)c21. The van der Waals surface area contributed by atoms with Crippen LogP contribution in [-0.2, 0) is 23.5 Å². The van der Waals surface area contributed by atoms with Crippen molar-refractivity contribution in [3.8, 4) is 11.1 Å². The molecule has 2 aromatic carbocycles. The average molecular weight is 607 g/mol. The number of rotatable bonds is 7. The van der Waals surface area contributed by atoms with Gasteiger partial charge in [-0.15, -0.1) is 0 Å². The quantitative estimate of drug-likeness (QED) is 0.249. The normalized spacial score (nSPS) is 12.9. The summed E-state index contributed by atoms with van der Waals surface area (Å²) < 4.78 is 56.2. The molecule has 4 N–H and O–H groups in total. The summed E-state index contributed by atoms with van der Waals surface area (Å²) >= 11 is 6.50. The monoisotopic (exact) mass is 606 g/mol. The highest BCUT2D eigenvalue weighted by Gasteiger charge is 2.37. The molecule has 0 aliphatic rings. The minimum Gasteiger partial charge on any atom is -0.465 e. The maximum Gasteiger partial charge on any atom is 0.408 e. The second kappa shape index (κ2) is 10.8. The summed E-state index contributed by atoms with van der Waals surface area (Å²) in [5.74, 6) is -1.60. The van der Waals surface area contributed by atoms with Crippen molar-refractivity contribution in [3.63, 3.8) is 0 Å². The van der Waals surface area contributed by atoms with Crippen LogP contribution in [0.3, 0.4) is 0 Å². The molecule has 4 rings (SSSR count). The van der Waals surface area contributed by atoms with Gasteiger partial charge in [-0.25, -0.2) is 22.0 Å². The van der Waals surface area contributed by atoms with Crippen LogP contribution in [-0.4, -0.2) is 51.1 Å². The standard InChI is InChI=1S/C27H29ClF2N6O4S/c1-27(2,3)36(26(37)38)21(10-14-8-15(29)11-16(30)9-14)23-19(12-17(31)13-32-23)18-6-7-20(28)22-24(18)35(4)33-25(22)34-41(5,39)40/h6-9,11-13,21H,10,31H2,1-5H3,(H,33,34)(H,37,38)/t21-/m0/s1. The number of benzene rings is 2. The first-order chi connectivity index (χ1) is 19.0. The van der Waals surface area contributed by atoms with Gasteiger partial charge in [0.15, 0.2) is 5.82 Å². The van der Waals surface area contributed by atoms with Crippen molar-refractivity contribution >= 4 is 50.1 Å². The molecule has 0 saturated carbocycles. The number of aromatic nitrogens is 3. The van der Waals surface area contributed by atoms with Crippen LogP contribution in [0, 0.1) is 11.6 Å². The molecular weight excluding hydrogens is 578 g/mol. The summed E-state index contributed by atoms with van der Waals surface area (Å²) in [4.78, 5) is 18.4. The minimum atomic E-state index is -3.71. The van der Waals surface area contributed by atoms with Gasteiger partial charge in [-0.3, -0.25) is 19.3 Å². The van der Waals surface area contributed by atoms with Crippen molar-refractivity contribution in [1.29, 1.82) is 0 Å². The molecule has 0 saturated heterocycles. The number of nitrogen functional groups attached to an aromatic ring is 1. The molecular formula is C27H29ClF2N6O4S. The molecule has 1 amide bonds. The summed E-state index contributed by atoms with van der Waals surface area (Å²) in [7, 11) is -2.11. The Morgan fingerprint density at radius 2 is 1.80 bits per heavy atom. The molecule has 0 radical (unpaired) electrons. The van der Waals surface area contributed by atoms with Crippen molar-refractivity contribution in [3.05, 3.63) is 70.5 Å². The summed E-state index contributed by atoms with van der Waals surface area (Å²) in [6.07, 6.45) is 0.960. The van der Waals surface area contributed by atoms with E-state index in [1.54, 1.807) is 46.0 Å². The van der Waals surface area contributed by atoms with Gasteiger partial charge in [0.05, 0.1) is 45.8 Å². The highest BCUT2D eigenvalue weighted by Crippen LogP contribution is 2.42. The van der Waals surface area contributed by atoms with E-state index in [1.165, 1.54) is 15.8 Å². The van der Waals surface area contributed by atoms with Gasteiger partial charge in [-0.05, 0) is 57.0 Å². The highest BCUT2D eigenvalue weighted by molar-refractivity contribution is 7.92. The van der Waals surface area contributed by atoms with E-state index in [0.717, 1.165) is 24.5 Å². The predicted octanol–water partition coefficient (Wildman–Crippen LogP) is 5.58. The maximum absolute atomic E-state index is 14.2. The number of nitrogens with zero attached hydrogens (tertiary/aromatic N) is 4. The molecule has 0 aliphatic carbocycles. The second-order valence-corrected chi connectivity index (χ2v) is 12.8. The lowest BCUT2D eigenvalue weighted by Crippen LogP contribution is -2.48. The van der Waals surface area contributed by atoms with Crippen molar-refractivity contribution in [2.24, 2.45) is 7.05 Å². The van der Waals surface area contributed by atoms with Gasteiger partial charge in [0.25, 0.3) is 0 Å². The Labute approximate surface area is 240 Å². The molecule has 0 aliphatic heterocycles. The number of hydrogen-bond donors (Lipinski definition) is 3. The number of carbonyl (C=O) groups is 1. The number of anilines is 2. The summed E-state index contributed by atoms with van der Waals surface area (Å²) in [6, 6.07) is 6.80. The number of halogens is 3. The molecule has 0 unspecified atom stereocenters. The van der Waals surface area contributed by atoms with E-state index < -0.39 is 39.3 Å². The van der Waals surface area contributed by atoms with E-state index in [1.807, 2.05) is 0 Å². The van der Waals surface area contributed by atoms with Crippen molar-refractivity contribution in [2.75, 3.05) is 16.7 Å². The molecule has 4 aromatic rings. The van der Waals surface area contributed by atoms with Gasteiger partial charge in [0.2, 0.25) is 10.0 Å². The number of pyridine rings is 1. The number of nitrogens with one attached hydrogen (secondary N) is 1. The molecule has 0 spiro atoms. The topological polar surface area (TPSA) is 143 Å². The zero-order valence-electron chi connectivity index (χ0n) is 22.9. The molecule has 2 aromatic heterocycles. The largest absolute Gasteiger partial charge is 0.465 e. The highest BCUT2D eigenvalue weighted by atomic mass is 35.5. The first-order valence-electron chi connectivity index (χ1n) is 12.3. The van der Waals surface area contributed by atoms with Crippen molar-refractivity contribution < 1.29 is 27.1 Å². The van der Waals surface area contributed by atoms with E-state index in [-0.39, 0.29) is 34.2 Å². The number of fused-ring (bicyclic) bond motifs is 1. The fraction of sp³-hybridized carbons (Fsp3) is 0.296. The van der Waals surface area contributed by atoms with Crippen molar-refractivity contribution in [2.45, 2.75) is 38.8 Å². The first kappa shape index (κ1) is 30.0. The first-order valence-corrected chi connectivity index (χ1v) is 14.6. The third-order valence-corrected chi connectivity index (χ3v) is 7.24. The van der Waals surface area contributed by atoms with E-state index >= 15 is 0 Å². The number of hydrogen-bond acceptors (Lipinski definition) is 6.